The van der Waals surface area contributed by atoms with Gasteiger partial charge in [-0.3, -0.25) is 9.89 Å². The Morgan fingerprint density at radius 3 is 2.96 bits per heavy atom. The van der Waals surface area contributed by atoms with Gasteiger partial charge in [0.2, 0.25) is 0 Å². The molecule has 2 aromatic rings. The van der Waals surface area contributed by atoms with Gasteiger partial charge in [-0.1, -0.05) is 13.0 Å². The number of hydrogen-bond acceptors (Lipinski definition) is 5. The highest BCUT2D eigenvalue weighted by Gasteiger charge is 2.31. The number of thiazole rings is 1. The van der Waals surface area contributed by atoms with Crippen molar-refractivity contribution in [2.24, 2.45) is 10.9 Å². The number of aromatic nitrogens is 1. The van der Waals surface area contributed by atoms with Crippen LogP contribution in [0.4, 0.5) is 0 Å². The summed E-state index contributed by atoms with van der Waals surface area (Å²) in [5, 5.41) is 12.6. The summed E-state index contributed by atoms with van der Waals surface area (Å²) >= 11 is 3.62. The number of nitrogens with zero attached hydrogens (tertiary/aromatic N) is 3. The molecule has 1 aliphatic rings. The number of guanidine groups is 1. The first-order chi connectivity index (χ1) is 13.2. The summed E-state index contributed by atoms with van der Waals surface area (Å²) in [6.45, 7) is 5.13. The second-order valence-electron chi connectivity index (χ2n) is 7.06. The zero-order chi connectivity index (χ0) is 19.1. The lowest BCUT2D eigenvalue weighted by atomic mass is 9.88. The number of nitrogens with one attached hydrogen (secondary N) is 2. The van der Waals surface area contributed by atoms with Gasteiger partial charge in [-0.2, -0.15) is 0 Å². The van der Waals surface area contributed by atoms with Gasteiger partial charge in [0, 0.05) is 42.9 Å². The number of rotatable bonds is 7. The van der Waals surface area contributed by atoms with E-state index in [9.17, 15) is 0 Å². The fourth-order valence-electron chi connectivity index (χ4n) is 3.77. The van der Waals surface area contributed by atoms with Crippen molar-refractivity contribution in [2.45, 2.75) is 38.6 Å². The molecular formula is C20H31N5S2. The van der Waals surface area contributed by atoms with Crippen molar-refractivity contribution in [3.63, 3.8) is 0 Å². The minimum Gasteiger partial charge on any atom is -0.356 e. The third kappa shape index (κ3) is 5.53. The Morgan fingerprint density at radius 2 is 2.26 bits per heavy atom. The Balaban J connectivity index is 1.49. The normalized spacial score (nSPS) is 21.4. The molecular weight excluding hydrogens is 374 g/mol. The fourth-order valence-corrected chi connectivity index (χ4v) is 5.53. The van der Waals surface area contributed by atoms with Crippen LogP contribution in [0.3, 0.4) is 0 Å². The lowest BCUT2D eigenvalue weighted by Gasteiger charge is -2.39. The van der Waals surface area contributed by atoms with Gasteiger partial charge in [-0.25, -0.2) is 4.98 Å². The van der Waals surface area contributed by atoms with E-state index < -0.39 is 0 Å². The molecule has 2 atom stereocenters. The van der Waals surface area contributed by atoms with Crippen LogP contribution in [0.1, 0.15) is 41.4 Å². The van der Waals surface area contributed by atoms with Gasteiger partial charge in [0.25, 0.3) is 0 Å². The Kier molecular flexibility index (Phi) is 7.67. The van der Waals surface area contributed by atoms with Crippen LogP contribution in [0.25, 0.3) is 0 Å². The summed E-state index contributed by atoms with van der Waals surface area (Å²) in [5.74, 6) is 1.49. The van der Waals surface area contributed by atoms with Crippen molar-refractivity contribution in [1.82, 2.24) is 20.5 Å². The monoisotopic (exact) mass is 405 g/mol. The maximum absolute atomic E-state index is 4.63. The zero-order valence-electron chi connectivity index (χ0n) is 16.6. The Bertz CT molecular complexity index is 710. The van der Waals surface area contributed by atoms with Gasteiger partial charge in [-0.15, -0.1) is 22.7 Å². The molecule has 1 saturated heterocycles. The molecule has 3 rings (SSSR count). The van der Waals surface area contributed by atoms with Gasteiger partial charge >= 0.3 is 0 Å². The molecule has 0 spiro atoms. The third-order valence-electron chi connectivity index (χ3n) is 5.17. The minimum absolute atomic E-state index is 0.506. The molecule has 0 amide bonds. The molecule has 0 saturated carbocycles. The molecule has 7 heteroatoms. The molecule has 148 valence electrons. The zero-order valence-corrected chi connectivity index (χ0v) is 18.2. The van der Waals surface area contributed by atoms with Crippen molar-refractivity contribution >= 4 is 28.6 Å². The van der Waals surface area contributed by atoms with E-state index in [4.69, 9.17) is 0 Å². The molecule has 0 aliphatic carbocycles. The molecule has 2 unspecified atom stereocenters. The second kappa shape index (κ2) is 10.2. The SMILES string of the molecule is CCc1nc(CCNC(=NC)NCC2CCCN(C)C2c2cccs2)cs1. The summed E-state index contributed by atoms with van der Waals surface area (Å²) < 4.78 is 0. The minimum atomic E-state index is 0.506. The van der Waals surface area contributed by atoms with Crippen LogP contribution in [0, 0.1) is 5.92 Å². The smallest absolute Gasteiger partial charge is 0.190 e. The lowest BCUT2D eigenvalue weighted by molar-refractivity contribution is 0.125. The summed E-state index contributed by atoms with van der Waals surface area (Å²) in [5.41, 5.74) is 1.17. The standard InChI is InChI=1S/C20H31N5S2/c1-4-18-24-16(14-27-18)9-10-22-20(21-2)23-13-15-7-5-11-25(3)19(15)17-8-6-12-26-17/h6,8,12,14-15,19H,4-5,7,9-11,13H2,1-3H3,(H2,21,22,23). The third-order valence-corrected chi connectivity index (χ3v) is 7.16. The first-order valence-corrected chi connectivity index (χ1v) is 11.6. The molecule has 27 heavy (non-hydrogen) atoms. The quantitative estimate of drug-likeness (QED) is 0.546. The molecule has 5 nitrogen and oxygen atoms in total. The molecule has 0 bridgehead atoms. The van der Waals surface area contributed by atoms with E-state index in [1.54, 1.807) is 11.3 Å². The lowest BCUT2D eigenvalue weighted by Crippen LogP contribution is -2.45. The summed E-state index contributed by atoms with van der Waals surface area (Å²) in [6.07, 6.45) is 4.47. The van der Waals surface area contributed by atoms with Crippen LogP contribution in [0.15, 0.2) is 27.9 Å². The number of hydrogen-bond donors (Lipinski definition) is 2. The van der Waals surface area contributed by atoms with Crippen molar-refractivity contribution in [3.8, 4) is 0 Å². The highest BCUT2D eigenvalue weighted by Crippen LogP contribution is 2.36. The molecule has 2 aromatic heterocycles. The summed E-state index contributed by atoms with van der Waals surface area (Å²) in [7, 11) is 4.10. The largest absolute Gasteiger partial charge is 0.356 e. The van der Waals surface area contributed by atoms with Gasteiger partial charge in [-0.05, 0) is 50.2 Å². The van der Waals surface area contributed by atoms with Crippen LogP contribution >= 0.6 is 22.7 Å². The summed E-state index contributed by atoms with van der Waals surface area (Å²) in [6, 6.07) is 4.94. The fraction of sp³-hybridized carbons (Fsp3) is 0.600. The van der Waals surface area contributed by atoms with Gasteiger partial charge in [0.1, 0.15) is 0 Å². The summed E-state index contributed by atoms with van der Waals surface area (Å²) in [4.78, 5) is 13.0. The molecule has 3 heterocycles. The molecule has 0 aromatic carbocycles. The number of thiophene rings is 1. The maximum Gasteiger partial charge on any atom is 0.190 e. The highest BCUT2D eigenvalue weighted by molar-refractivity contribution is 7.10. The van der Waals surface area contributed by atoms with Crippen molar-refractivity contribution in [2.75, 3.05) is 33.7 Å². The van der Waals surface area contributed by atoms with Crippen molar-refractivity contribution < 1.29 is 0 Å². The molecule has 1 fully saturated rings. The maximum atomic E-state index is 4.63. The van der Waals surface area contributed by atoms with E-state index in [1.165, 1.54) is 35.0 Å². The average molecular weight is 406 g/mol. The number of aliphatic imine (C=N–C) groups is 1. The first kappa shape index (κ1) is 20.3. The van der Waals surface area contributed by atoms with E-state index in [-0.39, 0.29) is 0 Å². The molecule has 1 aliphatic heterocycles. The molecule has 2 N–H and O–H groups in total. The van der Waals surface area contributed by atoms with Crippen molar-refractivity contribution in [3.05, 3.63) is 38.5 Å². The Morgan fingerprint density at radius 1 is 1.37 bits per heavy atom. The molecule has 0 radical (unpaired) electrons. The topological polar surface area (TPSA) is 52.6 Å². The number of piperidine rings is 1. The van der Waals surface area contributed by atoms with E-state index in [0.717, 1.165) is 31.9 Å². The van der Waals surface area contributed by atoms with E-state index >= 15 is 0 Å². The second-order valence-corrected chi connectivity index (χ2v) is 8.98. The number of likely N-dealkylation sites (tertiary alicyclic amines) is 1. The number of aryl methyl sites for hydroxylation is 1. The van der Waals surface area contributed by atoms with Gasteiger partial charge < -0.3 is 10.6 Å². The Hall–Kier alpha value is -1.44. The van der Waals surface area contributed by atoms with E-state index in [1.807, 2.05) is 18.4 Å². The van der Waals surface area contributed by atoms with Crippen molar-refractivity contribution in [1.29, 1.82) is 0 Å². The predicted octanol–water partition coefficient (Wildman–Crippen LogP) is 3.56. The average Bonchev–Trinajstić information content (AvgIpc) is 3.36. The van der Waals surface area contributed by atoms with Gasteiger partial charge in [0.05, 0.1) is 10.7 Å². The first-order valence-electron chi connectivity index (χ1n) is 9.82. The van der Waals surface area contributed by atoms with Crippen LogP contribution < -0.4 is 10.6 Å². The highest BCUT2D eigenvalue weighted by atomic mass is 32.1. The van der Waals surface area contributed by atoms with Crippen LogP contribution in [-0.4, -0.2) is 49.6 Å². The van der Waals surface area contributed by atoms with Crippen LogP contribution in [0.5, 0.6) is 0 Å². The van der Waals surface area contributed by atoms with Crippen LogP contribution in [-0.2, 0) is 12.8 Å². The van der Waals surface area contributed by atoms with E-state index in [0.29, 0.717) is 12.0 Å². The van der Waals surface area contributed by atoms with E-state index in [2.05, 4.69) is 62.4 Å². The van der Waals surface area contributed by atoms with Crippen LogP contribution in [0.2, 0.25) is 0 Å². The van der Waals surface area contributed by atoms with Gasteiger partial charge in [0.15, 0.2) is 5.96 Å². The Labute approximate surface area is 170 Å². The predicted molar refractivity (Wildman–Crippen MR) is 117 cm³/mol.